The highest BCUT2D eigenvalue weighted by molar-refractivity contribution is 5.69. The molecule has 20 heavy (non-hydrogen) atoms. The van der Waals surface area contributed by atoms with E-state index in [1.807, 2.05) is 12.1 Å². The van der Waals surface area contributed by atoms with E-state index in [1.54, 1.807) is 29.8 Å². The van der Waals surface area contributed by atoms with E-state index in [4.69, 9.17) is 5.26 Å². The Morgan fingerprint density at radius 3 is 2.80 bits per heavy atom. The number of aromatic amines is 1. The minimum Gasteiger partial charge on any atom is -0.303 e. The minimum atomic E-state index is -0.218. The Bertz CT molecular complexity index is 867. The summed E-state index contributed by atoms with van der Waals surface area (Å²) < 4.78 is 1.56. The Morgan fingerprint density at radius 1 is 1.35 bits per heavy atom. The summed E-state index contributed by atoms with van der Waals surface area (Å²) >= 11 is 0. The lowest BCUT2D eigenvalue weighted by Crippen LogP contribution is -2.17. The maximum atomic E-state index is 12.0. The molecule has 1 N–H and O–H groups in total. The van der Waals surface area contributed by atoms with Gasteiger partial charge in [0, 0.05) is 0 Å². The summed E-state index contributed by atoms with van der Waals surface area (Å²) in [5, 5.41) is 8.77. The van der Waals surface area contributed by atoms with Crippen LogP contribution < -0.4 is 5.69 Å². The van der Waals surface area contributed by atoms with Crippen LogP contribution in [0.3, 0.4) is 0 Å². The van der Waals surface area contributed by atoms with Crippen LogP contribution in [0.2, 0.25) is 0 Å². The minimum absolute atomic E-state index is 0.218. The number of H-pyrrole nitrogens is 1. The number of benzene rings is 1. The van der Waals surface area contributed by atoms with E-state index < -0.39 is 0 Å². The number of aryl methyl sites for hydroxylation is 1. The van der Waals surface area contributed by atoms with E-state index in [9.17, 15) is 4.79 Å². The van der Waals surface area contributed by atoms with Gasteiger partial charge >= 0.3 is 5.69 Å². The van der Waals surface area contributed by atoms with E-state index in [-0.39, 0.29) is 5.69 Å². The average molecular weight is 265 g/mol. The van der Waals surface area contributed by atoms with Gasteiger partial charge in [-0.25, -0.2) is 14.8 Å². The molecule has 3 aromatic rings. The normalized spacial score (nSPS) is 10.6. The Morgan fingerprint density at radius 2 is 2.10 bits per heavy atom. The number of nitriles is 1. The molecule has 1 aromatic carbocycles. The van der Waals surface area contributed by atoms with E-state index >= 15 is 0 Å². The first-order chi connectivity index (χ1) is 9.67. The molecule has 0 saturated heterocycles. The lowest BCUT2D eigenvalue weighted by molar-refractivity contribution is 0.775. The number of nitrogens with zero attached hydrogens (tertiary/aromatic N) is 4. The van der Waals surface area contributed by atoms with Gasteiger partial charge in [-0.05, 0) is 24.6 Å². The van der Waals surface area contributed by atoms with Gasteiger partial charge in [0.15, 0.2) is 5.65 Å². The topological polar surface area (TPSA) is 87.4 Å². The Kier molecular flexibility index (Phi) is 2.80. The molecule has 0 unspecified atom stereocenters. The van der Waals surface area contributed by atoms with Crippen molar-refractivity contribution in [3.8, 4) is 6.07 Å². The van der Waals surface area contributed by atoms with Gasteiger partial charge in [0.2, 0.25) is 0 Å². The van der Waals surface area contributed by atoms with Gasteiger partial charge in [-0.1, -0.05) is 12.1 Å². The third-order valence-corrected chi connectivity index (χ3v) is 3.06. The molecule has 0 aliphatic rings. The summed E-state index contributed by atoms with van der Waals surface area (Å²) in [6.45, 7) is 2.18. The van der Waals surface area contributed by atoms with E-state index in [0.29, 0.717) is 29.1 Å². The zero-order valence-electron chi connectivity index (χ0n) is 10.8. The maximum absolute atomic E-state index is 12.0. The zero-order chi connectivity index (χ0) is 14.1. The number of hydrogen-bond acceptors (Lipinski definition) is 4. The Balaban J connectivity index is 2.05. The van der Waals surface area contributed by atoms with Gasteiger partial charge < -0.3 is 4.98 Å². The van der Waals surface area contributed by atoms with Gasteiger partial charge in [-0.15, -0.1) is 0 Å². The Labute approximate surface area is 114 Å². The third kappa shape index (κ3) is 2.06. The first kappa shape index (κ1) is 12.1. The molecule has 6 heteroatoms. The number of rotatable bonds is 2. The molecule has 0 atom stereocenters. The van der Waals surface area contributed by atoms with Crippen molar-refractivity contribution in [2.75, 3.05) is 0 Å². The molecular weight excluding hydrogens is 254 g/mol. The van der Waals surface area contributed by atoms with Crippen LogP contribution in [0, 0.1) is 18.3 Å². The van der Waals surface area contributed by atoms with Gasteiger partial charge in [-0.2, -0.15) is 5.26 Å². The second kappa shape index (κ2) is 4.63. The van der Waals surface area contributed by atoms with Crippen molar-refractivity contribution in [2.45, 2.75) is 13.5 Å². The van der Waals surface area contributed by atoms with Crippen LogP contribution >= 0.6 is 0 Å². The molecule has 98 valence electrons. The first-order valence-corrected chi connectivity index (χ1v) is 6.08. The average Bonchev–Trinajstić information content (AvgIpc) is 2.76. The van der Waals surface area contributed by atoms with E-state index in [2.05, 4.69) is 21.0 Å². The molecule has 2 heterocycles. The fourth-order valence-corrected chi connectivity index (χ4v) is 2.04. The van der Waals surface area contributed by atoms with Crippen LogP contribution in [-0.2, 0) is 6.54 Å². The van der Waals surface area contributed by atoms with Crippen molar-refractivity contribution in [3.05, 3.63) is 57.9 Å². The van der Waals surface area contributed by atoms with Crippen molar-refractivity contribution in [3.63, 3.8) is 0 Å². The number of imidazole rings is 1. The standard InChI is InChI=1S/C14H11N5O/c1-9-16-7-12-13(17-9)19(14(20)18-12)8-11-4-2-10(6-15)3-5-11/h2-5,7H,8H2,1H3,(H,18,20). The Hall–Kier alpha value is -2.94. The maximum Gasteiger partial charge on any atom is 0.328 e. The molecule has 0 amide bonds. The molecule has 0 aliphatic carbocycles. The van der Waals surface area contributed by atoms with Gasteiger partial charge in [-0.3, -0.25) is 4.57 Å². The number of aromatic nitrogens is 4. The van der Waals surface area contributed by atoms with Crippen LogP contribution in [0.5, 0.6) is 0 Å². The highest BCUT2D eigenvalue weighted by atomic mass is 16.1. The van der Waals surface area contributed by atoms with Crippen LogP contribution in [0.15, 0.2) is 35.3 Å². The largest absolute Gasteiger partial charge is 0.328 e. The summed E-state index contributed by atoms with van der Waals surface area (Å²) in [6.07, 6.45) is 1.61. The fourth-order valence-electron chi connectivity index (χ4n) is 2.04. The van der Waals surface area contributed by atoms with Gasteiger partial charge in [0.25, 0.3) is 0 Å². The fraction of sp³-hybridized carbons (Fsp3) is 0.143. The molecule has 0 spiro atoms. The van der Waals surface area contributed by atoms with Gasteiger partial charge in [0.05, 0.1) is 24.4 Å². The van der Waals surface area contributed by atoms with Crippen LogP contribution in [0.4, 0.5) is 0 Å². The van der Waals surface area contributed by atoms with Crippen molar-refractivity contribution < 1.29 is 0 Å². The monoisotopic (exact) mass is 265 g/mol. The van der Waals surface area contributed by atoms with Crippen molar-refractivity contribution in [2.24, 2.45) is 0 Å². The van der Waals surface area contributed by atoms with E-state index in [1.165, 1.54) is 0 Å². The molecule has 6 nitrogen and oxygen atoms in total. The first-order valence-electron chi connectivity index (χ1n) is 6.08. The molecule has 0 bridgehead atoms. The number of nitrogens with one attached hydrogen (secondary N) is 1. The number of fused-ring (bicyclic) bond motifs is 1. The lowest BCUT2D eigenvalue weighted by atomic mass is 10.1. The lowest BCUT2D eigenvalue weighted by Gasteiger charge is -2.03. The van der Waals surface area contributed by atoms with Crippen LogP contribution in [-0.4, -0.2) is 19.5 Å². The summed E-state index contributed by atoms with van der Waals surface area (Å²) in [5.74, 6) is 0.616. The molecule has 3 rings (SSSR count). The summed E-state index contributed by atoms with van der Waals surface area (Å²) in [7, 11) is 0. The van der Waals surface area contributed by atoms with Gasteiger partial charge in [0.1, 0.15) is 11.3 Å². The molecule has 0 radical (unpaired) electrons. The SMILES string of the molecule is Cc1ncc2[nH]c(=O)n(Cc3ccc(C#N)cc3)c2n1. The van der Waals surface area contributed by atoms with Crippen LogP contribution in [0.25, 0.3) is 11.2 Å². The molecule has 0 aliphatic heterocycles. The summed E-state index contributed by atoms with van der Waals surface area (Å²) in [5.41, 5.74) is 2.52. The highest BCUT2D eigenvalue weighted by Gasteiger charge is 2.09. The van der Waals surface area contributed by atoms with Crippen LogP contribution in [0.1, 0.15) is 17.0 Å². The second-order valence-corrected chi connectivity index (χ2v) is 4.48. The van der Waals surface area contributed by atoms with Crippen molar-refractivity contribution >= 4 is 11.2 Å². The highest BCUT2D eigenvalue weighted by Crippen LogP contribution is 2.10. The summed E-state index contributed by atoms with van der Waals surface area (Å²) in [4.78, 5) is 23.0. The second-order valence-electron chi connectivity index (χ2n) is 4.48. The number of hydrogen-bond donors (Lipinski definition) is 1. The molecule has 2 aromatic heterocycles. The smallest absolute Gasteiger partial charge is 0.303 e. The van der Waals surface area contributed by atoms with Crippen molar-refractivity contribution in [1.29, 1.82) is 5.26 Å². The molecular formula is C14H11N5O. The summed E-state index contributed by atoms with van der Waals surface area (Å²) in [6, 6.07) is 9.19. The third-order valence-electron chi connectivity index (χ3n) is 3.06. The predicted molar refractivity (Wildman–Crippen MR) is 73.1 cm³/mol. The van der Waals surface area contributed by atoms with E-state index in [0.717, 1.165) is 5.56 Å². The molecule has 0 fully saturated rings. The predicted octanol–water partition coefficient (Wildman–Crippen LogP) is 1.35. The molecule has 0 saturated carbocycles. The quantitative estimate of drug-likeness (QED) is 0.757. The van der Waals surface area contributed by atoms with Crippen molar-refractivity contribution in [1.82, 2.24) is 19.5 Å². The zero-order valence-corrected chi connectivity index (χ0v) is 10.8.